The highest BCUT2D eigenvalue weighted by atomic mass is 16.4. The number of amides is 1. The van der Waals surface area contributed by atoms with Gasteiger partial charge >= 0.3 is 11.9 Å². The molecule has 0 aromatic heterocycles. The Bertz CT molecular complexity index is 1070. The quantitative estimate of drug-likeness (QED) is 0.330. The summed E-state index contributed by atoms with van der Waals surface area (Å²) in [5.41, 5.74) is 2.41. The van der Waals surface area contributed by atoms with E-state index in [0.717, 1.165) is 16.7 Å². The molecule has 0 aliphatic rings. The smallest absolute Gasteiger partial charge is 0.326 e. The Morgan fingerprint density at radius 2 is 0.912 bits per heavy atom. The van der Waals surface area contributed by atoms with Crippen LogP contribution in [0.25, 0.3) is 0 Å². The number of aliphatic carboxylic acids is 2. The molecule has 7 heteroatoms. The highest BCUT2D eigenvalue weighted by Gasteiger charge is 2.29. The number of nitrogens with one attached hydrogen (secondary N) is 2. The van der Waals surface area contributed by atoms with Gasteiger partial charge in [0.05, 0.1) is 6.04 Å². The molecule has 0 aliphatic carbocycles. The van der Waals surface area contributed by atoms with E-state index in [4.69, 9.17) is 0 Å². The van der Waals surface area contributed by atoms with E-state index in [1.807, 2.05) is 66.7 Å². The maximum Gasteiger partial charge on any atom is 0.326 e. The lowest BCUT2D eigenvalue weighted by Crippen LogP contribution is -2.55. The van der Waals surface area contributed by atoms with E-state index in [1.165, 1.54) is 0 Å². The molecule has 3 aromatic carbocycles. The second-order valence-corrected chi connectivity index (χ2v) is 8.08. The molecular formula is C27H28N2O5. The average Bonchev–Trinajstić information content (AvgIpc) is 2.84. The average molecular weight is 461 g/mol. The lowest BCUT2D eigenvalue weighted by atomic mass is 10.0. The van der Waals surface area contributed by atoms with Crippen molar-refractivity contribution in [2.45, 2.75) is 37.4 Å². The van der Waals surface area contributed by atoms with Crippen LogP contribution in [0.15, 0.2) is 91.0 Å². The van der Waals surface area contributed by atoms with E-state index >= 15 is 0 Å². The van der Waals surface area contributed by atoms with Crippen LogP contribution in [-0.2, 0) is 33.6 Å². The van der Waals surface area contributed by atoms with Gasteiger partial charge in [0, 0.05) is 6.42 Å². The standard InChI is InChI=1S/C27H28N2O5/c30-25(29-24(27(33)34)18-21-14-8-3-9-15-21)22(16-19-10-4-1-5-11-19)28-23(26(31)32)17-20-12-6-2-7-13-20/h1-15,22-24,28H,16-18H2,(H,29,30)(H,31,32)(H,33,34)/t22-,23?,24-/m0/s1. The molecule has 0 spiro atoms. The van der Waals surface area contributed by atoms with Gasteiger partial charge in [-0.1, -0.05) is 91.0 Å². The van der Waals surface area contributed by atoms with E-state index in [1.54, 1.807) is 24.3 Å². The summed E-state index contributed by atoms with van der Waals surface area (Å²) in [6.07, 6.45) is 0.510. The van der Waals surface area contributed by atoms with Crippen molar-refractivity contribution in [1.82, 2.24) is 10.6 Å². The zero-order chi connectivity index (χ0) is 24.3. The SMILES string of the molecule is O=C(O)C(Cc1ccccc1)N[C@@H](Cc1ccccc1)C(=O)N[C@@H](Cc1ccccc1)C(=O)O. The lowest BCUT2D eigenvalue weighted by Gasteiger charge is -2.25. The molecule has 4 N–H and O–H groups in total. The molecule has 0 fully saturated rings. The van der Waals surface area contributed by atoms with Crippen molar-refractivity contribution < 1.29 is 24.6 Å². The second-order valence-electron chi connectivity index (χ2n) is 8.08. The largest absolute Gasteiger partial charge is 0.480 e. The summed E-state index contributed by atoms with van der Waals surface area (Å²) < 4.78 is 0. The van der Waals surface area contributed by atoms with Gasteiger partial charge in [0.2, 0.25) is 5.91 Å². The first-order chi connectivity index (χ1) is 16.4. The fraction of sp³-hybridized carbons (Fsp3) is 0.222. The van der Waals surface area contributed by atoms with Gasteiger partial charge in [-0.25, -0.2) is 4.79 Å². The summed E-state index contributed by atoms with van der Waals surface area (Å²) >= 11 is 0. The first-order valence-electron chi connectivity index (χ1n) is 11.1. The highest BCUT2D eigenvalue weighted by Crippen LogP contribution is 2.10. The Morgan fingerprint density at radius 1 is 0.559 bits per heavy atom. The van der Waals surface area contributed by atoms with Crippen molar-refractivity contribution in [2.75, 3.05) is 0 Å². The van der Waals surface area contributed by atoms with Crippen LogP contribution >= 0.6 is 0 Å². The first-order valence-corrected chi connectivity index (χ1v) is 11.1. The number of hydrogen-bond donors (Lipinski definition) is 4. The molecule has 3 atom stereocenters. The van der Waals surface area contributed by atoms with E-state index in [-0.39, 0.29) is 19.3 Å². The molecular weight excluding hydrogens is 432 g/mol. The summed E-state index contributed by atoms with van der Waals surface area (Å²) in [6.45, 7) is 0. The zero-order valence-electron chi connectivity index (χ0n) is 18.6. The molecule has 176 valence electrons. The molecule has 1 unspecified atom stereocenters. The third-order valence-corrected chi connectivity index (χ3v) is 5.48. The molecule has 34 heavy (non-hydrogen) atoms. The van der Waals surface area contributed by atoms with Gasteiger partial charge in [-0.3, -0.25) is 14.9 Å². The van der Waals surface area contributed by atoms with Gasteiger partial charge in [0.15, 0.2) is 0 Å². The fourth-order valence-electron chi connectivity index (χ4n) is 3.71. The highest BCUT2D eigenvalue weighted by molar-refractivity contribution is 5.88. The fourth-order valence-corrected chi connectivity index (χ4v) is 3.71. The predicted octanol–water partition coefficient (Wildman–Crippen LogP) is 2.70. The van der Waals surface area contributed by atoms with Crippen LogP contribution in [0.4, 0.5) is 0 Å². The van der Waals surface area contributed by atoms with Crippen LogP contribution in [0.3, 0.4) is 0 Å². The zero-order valence-corrected chi connectivity index (χ0v) is 18.6. The van der Waals surface area contributed by atoms with Crippen molar-refractivity contribution >= 4 is 17.8 Å². The molecule has 1 amide bonds. The van der Waals surface area contributed by atoms with E-state index in [9.17, 15) is 24.6 Å². The van der Waals surface area contributed by atoms with Gasteiger partial charge in [-0.15, -0.1) is 0 Å². The Kier molecular flexibility index (Phi) is 8.94. The van der Waals surface area contributed by atoms with Crippen LogP contribution in [0.5, 0.6) is 0 Å². The van der Waals surface area contributed by atoms with E-state index < -0.39 is 36.0 Å². The van der Waals surface area contributed by atoms with Gasteiger partial charge in [-0.2, -0.15) is 0 Å². The first kappa shape index (κ1) is 24.7. The van der Waals surface area contributed by atoms with Crippen molar-refractivity contribution in [3.8, 4) is 0 Å². The minimum atomic E-state index is -1.16. The molecule has 3 rings (SSSR count). The third-order valence-electron chi connectivity index (χ3n) is 5.48. The van der Waals surface area contributed by atoms with E-state index in [0.29, 0.717) is 0 Å². The number of carbonyl (C=O) groups is 3. The van der Waals surface area contributed by atoms with Gasteiger partial charge < -0.3 is 15.5 Å². The minimum Gasteiger partial charge on any atom is -0.480 e. The summed E-state index contributed by atoms with van der Waals surface area (Å²) in [5.74, 6) is -2.81. The molecule has 0 saturated heterocycles. The number of hydrogen-bond acceptors (Lipinski definition) is 4. The summed E-state index contributed by atoms with van der Waals surface area (Å²) in [7, 11) is 0. The number of carboxylic acid groups (broad SMARTS) is 2. The number of rotatable bonds is 12. The van der Waals surface area contributed by atoms with Crippen LogP contribution in [0, 0.1) is 0 Å². The van der Waals surface area contributed by atoms with Crippen molar-refractivity contribution in [3.63, 3.8) is 0 Å². The Balaban J connectivity index is 1.79. The van der Waals surface area contributed by atoms with Crippen molar-refractivity contribution in [2.24, 2.45) is 0 Å². The van der Waals surface area contributed by atoms with Crippen LogP contribution in [-0.4, -0.2) is 46.2 Å². The van der Waals surface area contributed by atoms with Gasteiger partial charge in [0.1, 0.15) is 12.1 Å². The molecule has 0 aliphatic heterocycles. The topological polar surface area (TPSA) is 116 Å². The Labute approximate surface area is 198 Å². The molecule has 0 saturated carbocycles. The second kappa shape index (κ2) is 12.3. The van der Waals surface area contributed by atoms with Gasteiger partial charge in [-0.05, 0) is 29.5 Å². The van der Waals surface area contributed by atoms with Crippen LogP contribution < -0.4 is 10.6 Å². The third kappa shape index (κ3) is 7.56. The number of carboxylic acids is 2. The van der Waals surface area contributed by atoms with E-state index in [2.05, 4.69) is 10.6 Å². The lowest BCUT2D eigenvalue weighted by molar-refractivity contribution is -0.143. The minimum absolute atomic E-state index is 0.117. The normalized spacial score (nSPS) is 13.4. The summed E-state index contributed by atoms with van der Waals surface area (Å²) in [6, 6.07) is 24.2. The maximum absolute atomic E-state index is 13.2. The molecule has 0 radical (unpaired) electrons. The van der Waals surface area contributed by atoms with Gasteiger partial charge in [0.25, 0.3) is 0 Å². The van der Waals surface area contributed by atoms with Crippen molar-refractivity contribution in [3.05, 3.63) is 108 Å². The van der Waals surface area contributed by atoms with Crippen LogP contribution in [0.2, 0.25) is 0 Å². The summed E-state index contributed by atoms with van der Waals surface area (Å²) in [5, 5.41) is 25.1. The number of benzene rings is 3. The molecule has 7 nitrogen and oxygen atoms in total. The predicted molar refractivity (Wildman–Crippen MR) is 128 cm³/mol. The Morgan fingerprint density at radius 3 is 1.29 bits per heavy atom. The molecule has 0 bridgehead atoms. The molecule has 0 heterocycles. The monoisotopic (exact) mass is 460 g/mol. The van der Waals surface area contributed by atoms with Crippen molar-refractivity contribution in [1.29, 1.82) is 0 Å². The number of carbonyl (C=O) groups excluding carboxylic acids is 1. The Hall–Kier alpha value is -3.97. The summed E-state index contributed by atoms with van der Waals surface area (Å²) in [4.78, 5) is 37.1. The molecule has 3 aromatic rings. The maximum atomic E-state index is 13.2. The van der Waals surface area contributed by atoms with Crippen LogP contribution in [0.1, 0.15) is 16.7 Å².